The van der Waals surface area contributed by atoms with Gasteiger partial charge >= 0.3 is 0 Å². The molecule has 1 heterocycles. The monoisotopic (exact) mass is 233 g/mol. The van der Waals surface area contributed by atoms with Crippen LogP contribution in [0.2, 0.25) is 0 Å². The van der Waals surface area contributed by atoms with Gasteiger partial charge in [-0.05, 0) is 37.2 Å². The lowest BCUT2D eigenvalue weighted by Gasteiger charge is -2.17. The minimum atomic E-state index is 0.206. The number of hydrogen-bond acceptors (Lipinski definition) is 3. The summed E-state index contributed by atoms with van der Waals surface area (Å²) in [5, 5.41) is 0. The highest BCUT2D eigenvalue weighted by Gasteiger charge is 2.17. The van der Waals surface area contributed by atoms with Gasteiger partial charge in [-0.3, -0.25) is 0 Å². The Bertz CT molecular complexity index is 374. The zero-order valence-corrected chi connectivity index (χ0v) is 10.9. The van der Waals surface area contributed by atoms with Gasteiger partial charge in [-0.15, -0.1) is 0 Å². The van der Waals surface area contributed by atoms with Crippen LogP contribution in [-0.4, -0.2) is 16.0 Å². The zero-order chi connectivity index (χ0) is 12.3. The maximum Gasteiger partial charge on any atom is 0.115 e. The van der Waals surface area contributed by atoms with Gasteiger partial charge in [0.2, 0.25) is 0 Å². The lowest BCUT2D eigenvalue weighted by atomic mass is 9.96. The normalized spacial score (nSPS) is 17.6. The summed E-state index contributed by atoms with van der Waals surface area (Å²) in [6.45, 7) is 4.34. The first-order chi connectivity index (χ1) is 8.18. The van der Waals surface area contributed by atoms with Crippen molar-refractivity contribution in [3.05, 3.63) is 23.3 Å². The highest BCUT2D eigenvalue weighted by molar-refractivity contribution is 5.26. The van der Waals surface area contributed by atoms with Crippen molar-refractivity contribution in [2.75, 3.05) is 0 Å². The van der Waals surface area contributed by atoms with Gasteiger partial charge < -0.3 is 5.73 Å². The molecule has 0 aromatic carbocycles. The second kappa shape index (κ2) is 5.58. The highest BCUT2D eigenvalue weighted by atomic mass is 14.9. The third-order valence-electron chi connectivity index (χ3n) is 3.75. The van der Waals surface area contributed by atoms with E-state index in [0.29, 0.717) is 5.92 Å². The average Bonchev–Trinajstić information content (AvgIpc) is 2.54. The second-order valence-electron chi connectivity index (χ2n) is 5.42. The van der Waals surface area contributed by atoms with Crippen molar-refractivity contribution < 1.29 is 0 Å². The summed E-state index contributed by atoms with van der Waals surface area (Å²) in [5.41, 5.74) is 10.0. The molecule has 1 atom stereocenters. The Balaban J connectivity index is 2.22. The van der Waals surface area contributed by atoms with Gasteiger partial charge in [0.1, 0.15) is 6.33 Å². The summed E-state index contributed by atoms with van der Waals surface area (Å²) in [6.07, 6.45) is 8.70. The molecule has 0 saturated carbocycles. The fourth-order valence-electron chi connectivity index (χ4n) is 2.40. The summed E-state index contributed by atoms with van der Waals surface area (Å²) >= 11 is 0. The van der Waals surface area contributed by atoms with E-state index in [9.17, 15) is 0 Å². The third kappa shape index (κ3) is 3.03. The van der Waals surface area contributed by atoms with Crippen LogP contribution >= 0.6 is 0 Å². The van der Waals surface area contributed by atoms with Gasteiger partial charge in [-0.25, -0.2) is 9.97 Å². The first-order valence-corrected chi connectivity index (χ1v) is 6.75. The zero-order valence-electron chi connectivity index (χ0n) is 10.9. The van der Waals surface area contributed by atoms with Gasteiger partial charge in [0.15, 0.2) is 0 Å². The summed E-state index contributed by atoms with van der Waals surface area (Å²) in [4.78, 5) is 8.91. The summed E-state index contributed by atoms with van der Waals surface area (Å²) < 4.78 is 0. The molecule has 3 heteroatoms. The van der Waals surface area contributed by atoms with Crippen molar-refractivity contribution in [3.8, 4) is 0 Å². The van der Waals surface area contributed by atoms with Gasteiger partial charge in [-0.2, -0.15) is 0 Å². The second-order valence-corrected chi connectivity index (χ2v) is 5.42. The van der Waals surface area contributed by atoms with Crippen molar-refractivity contribution in [3.63, 3.8) is 0 Å². The van der Waals surface area contributed by atoms with Gasteiger partial charge in [0, 0.05) is 23.9 Å². The molecule has 0 bridgehead atoms. The molecule has 1 aromatic heterocycles. The predicted octanol–water partition coefficient (Wildman–Crippen LogP) is 2.27. The smallest absolute Gasteiger partial charge is 0.115 e. The number of nitrogens with two attached hydrogens (primary N) is 1. The van der Waals surface area contributed by atoms with E-state index >= 15 is 0 Å². The summed E-state index contributed by atoms with van der Waals surface area (Å²) in [6, 6.07) is 0.206. The molecule has 0 radical (unpaired) electrons. The van der Waals surface area contributed by atoms with Crippen LogP contribution in [-0.2, 0) is 19.3 Å². The molecule has 1 aromatic rings. The molecule has 94 valence electrons. The standard InChI is InChI=1S/C14H23N3/c1-10(2)12(15)8-14-11-6-4-3-5-7-13(11)16-9-17-14/h9-10,12H,3-8,15H2,1-2H3. The van der Waals surface area contributed by atoms with Crippen molar-refractivity contribution in [1.29, 1.82) is 0 Å². The molecule has 1 aliphatic carbocycles. The van der Waals surface area contributed by atoms with E-state index in [4.69, 9.17) is 5.73 Å². The van der Waals surface area contributed by atoms with Crippen molar-refractivity contribution >= 4 is 0 Å². The number of fused-ring (bicyclic) bond motifs is 1. The lowest BCUT2D eigenvalue weighted by Crippen LogP contribution is -2.29. The summed E-state index contributed by atoms with van der Waals surface area (Å²) in [7, 11) is 0. The number of rotatable bonds is 3. The molecule has 17 heavy (non-hydrogen) atoms. The van der Waals surface area contributed by atoms with Crippen molar-refractivity contribution in [2.24, 2.45) is 11.7 Å². The van der Waals surface area contributed by atoms with E-state index < -0.39 is 0 Å². The molecule has 0 fully saturated rings. The van der Waals surface area contributed by atoms with Crippen LogP contribution in [0.1, 0.15) is 50.1 Å². The molecule has 1 unspecified atom stereocenters. The summed E-state index contributed by atoms with van der Waals surface area (Å²) in [5.74, 6) is 0.506. The molecular weight excluding hydrogens is 210 g/mol. The van der Waals surface area contributed by atoms with E-state index in [0.717, 1.165) is 19.3 Å². The SMILES string of the molecule is CC(C)C(N)Cc1ncnc2c1CCCCC2. The lowest BCUT2D eigenvalue weighted by molar-refractivity contribution is 0.484. The number of aromatic nitrogens is 2. The molecule has 2 N–H and O–H groups in total. The van der Waals surface area contributed by atoms with E-state index in [1.807, 2.05) is 0 Å². The third-order valence-corrected chi connectivity index (χ3v) is 3.75. The molecule has 3 nitrogen and oxygen atoms in total. The average molecular weight is 233 g/mol. The van der Waals surface area contributed by atoms with E-state index in [1.165, 1.54) is 36.2 Å². The van der Waals surface area contributed by atoms with Crippen LogP contribution < -0.4 is 5.73 Å². The molecule has 0 saturated heterocycles. The Labute approximate surface area is 104 Å². The van der Waals surface area contributed by atoms with Crippen LogP contribution in [0.15, 0.2) is 6.33 Å². The highest BCUT2D eigenvalue weighted by Crippen LogP contribution is 2.22. The minimum absolute atomic E-state index is 0.206. The predicted molar refractivity (Wildman–Crippen MR) is 69.8 cm³/mol. The minimum Gasteiger partial charge on any atom is -0.327 e. The number of nitrogens with zero attached hydrogens (tertiary/aromatic N) is 2. The molecule has 0 spiro atoms. The Kier molecular flexibility index (Phi) is 4.11. The Morgan fingerprint density at radius 3 is 2.71 bits per heavy atom. The number of hydrogen-bond donors (Lipinski definition) is 1. The van der Waals surface area contributed by atoms with Crippen LogP contribution in [0.4, 0.5) is 0 Å². The van der Waals surface area contributed by atoms with E-state index in [1.54, 1.807) is 6.33 Å². The van der Waals surface area contributed by atoms with Gasteiger partial charge in [0.25, 0.3) is 0 Å². The molecule has 1 aliphatic rings. The quantitative estimate of drug-likeness (QED) is 0.815. The van der Waals surface area contributed by atoms with Gasteiger partial charge in [0.05, 0.1) is 0 Å². The van der Waals surface area contributed by atoms with Crippen LogP contribution in [0, 0.1) is 5.92 Å². The first-order valence-electron chi connectivity index (χ1n) is 6.75. The number of aryl methyl sites for hydroxylation is 1. The van der Waals surface area contributed by atoms with E-state index in [2.05, 4.69) is 23.8 Å². The Hall–Kier alpha value is -0.960. The topological polar surface area (TPSA) is 51.8 Å². The van der Waals surface area contributed by atoms with Crippen molar-refractivity contribution in [1.82, 2.24) is 9.97 Å². The van der Waals surface area contributed by atoms with Crippen LogP contribution in [0.25, 0.3) is 0 Å². The molecular formula is C14H23N3. The van der Waals surface area contributed by atoms with E-state index in [-0.39, 0.29) is 6.04 Å². The largest absolute Gasteiger partial charge is 0.327 e. The Morgan fingerprint density at radius 2 is 1.94 bits per heavy atom. The van der Waals surface area contributed by atoms with Crippen LogP contribution in [0.3, 0.4) is 0 Å². The van der Waals surface area contributed by atoms with Crippen LogP contribution in [0.5, 0.6) is 0 Å². The maximum atomic E-state index is 6.16. The van der Waals surface area contributed by atoms with Crippen molar-refractivity contribution in [2.45, 2.75) is 58.4 Å². The fourth-order valence-corrected chi connectivity index (χ4v) is 2.40. The Morgan fingerprint density at radius 1 is 1.18 bits per heavy atom. The molecule has 0 aliphatic heterocycles. The molecule has 2 rings (SSSR count). The van der Waals surface area contributed by atoms with Gasteiger partial charge in [-0.1, -0.05) is 20.3 Å². The fraction of sp³-hybridized carbons (Fsp3) is 0.714. The maximum absolute atomic E-state index is 6.16. The molecule has 0 amide bonds. The first kappa shape index (κ1) is 12.5.